The van der Waals surface area contributed by atoms with Gasteiger partial charge in [0.15, 0.2) is 0 Å². The SMILES string of the molecule is COC(=O)c1ccc([C@@H]2CC3(CCN2Cc2c(OC)cc(C)c4c2ccn4C(=O)OC(C)(C)C)CC(F)(F)C3)c(N2CCCC2)c1. The smallest absolute Gasteiger partial charge is 0.419 e. The van der Waals surface area contributed by atoms with E-state index in [0.717, 1.165) is 59.2 Å². The van der Waals surface area contributed by atoms with Crippen LogP contribution in [0.2, 0.25) is 0 Å². The molecule has 0 radical (unpaired) electrons. The van der Waals surface area contributed by atoms with E-state index >= 15 is 0 Å². The highest BCUT2D eigenvalue weighted by Crippen LogP contribution is 2.61. The highest BCUT2D eigenvalue weighted by Gasteiger charge is 2.58. The van der Waals surface area contributed by atoms with Gasteiger partial charge < -0.3 is 19.1 Å². The third-order valence-electron chi connectivity index (χ3n) is 9.92. The summed E-state index contributed by atoms with van der Waals surface area (Å²) in [5.74, 6) is -2.32. The summed E-state index contributed by atoms with van der Waals surface area (Å²) in [6, 6.07) is 9.41. The number of hydrogen-bond acceptors (Lipinski definition) is 7. The summed E-state index contributed by atoms with van der Waals surface area (Å²) < 4.78 is 47.0. The number of halogens is 2. The van der Waals surface area contributed by atoms with Crippen molar-refractivity contribution in [2.45, 2.75) is 90.3 Å². The standard InChI is InChI=1S/C36H45F2N3O5/c1-23-17-30(44-5)27(25-11-15-41(31(23)25)33(43)46-34(2,3)4)20-40-16-12-35(21-36(37,38)22-35)19-29(40)26-10-9-24(32(42)45-6)18-28(26)39-13-7-8-14-39/h9-11,15,17-18,29H,7-8,12-14,16,19-22H2,1-6H3/t29-/m0/s1. The van der Waals surface area contributed by atoms with Crippen molar-refractivity contribution >= 4 is 28.7 Å². The number of fused-ring (bicyclic) bond motifs is 1. The number of anilines is 1. The minimum atomic E-state index is -2.63. The number of likely N-dealkylation sites (tertiary alicyclic amines) is 1. The maximum Gasteiger partial charge on any atom is 0.419 e. The van der Waals surface area contributed by atoms with Crippen molar-refractivity contribution < 1.29 is 32.6 Å². The van der Waals surface area contributed by atoms with E-state index in [-0.39, 0.29) is 18.9 Å². The Hall–Kier alpha value is -3.66. The van der Waals surface area contributed by atoms with Crippen LogP contribution < -0.4 is 9.64 Å². The van der Waals surface area contributed by atoms with E-state index in [1.54, 1.807) is 23.9 Å². The molecule has 1 saturated carbocycles. The van der Waals surface area contributed by atoms with Gasteiger partial charge in [-0.1, -0.05) is 6.07 Å². The summed E-state index contributed by atoms with van der Waals surface area (Å²) in [5.41, 5.74) is 3.97. The molecule has 3 heterocycles. The van der Waals surface area contributed by atoms with Gasteiger partial charge in [0.25, 0.3) is 0 Å². The topological polar surface area (TPSA) is 73.2 Å². The van der Waals surface area contributed by atoms with Crippen LogP contribution in [0.1, 0.15) is 92.4 Å². The second-order valence-electron chi connectivity index (χ2n) is 14.4. The number of rotatable bonds is 6. The van der Waals surface area contributed by atoms with Crippen LogP contribution in [-0.4, -0.2) is 66.9 Å². The Kier molecular flexibility index (Phi) is 8.32. The summed E-state index contributed by atoms with van der Waals surface area (Å²) in [5, 5.41) is 0.887. The molecule has 1 aromatic heterocycles. The summed E-state index contributed by atoms with van der Waals surface area (Å²) in [7, 11) is 3.02. The molecule has 46 heavy (non-hydrogen) atoms. The van der Waals surface area contributed by atoms with Gasteiger partial charge in [0.1, 0.15) is 11.4 Å². The van der Waals surface area contributed by atoms with Crippen molar-refractivity contribution in [2.24, 2.45) is 5.41 Å². The number of piperidine rings is 1. The summed E-state index contributed by atoms with van der Waals surface area (Å²) in [4.78, 5) is 30.4. The first-order chi connectivity index (χ1) is 21.7. The van der Waals surface area contributed by atoms with Crippen LogP contribution in [0.3, 0.4) is 0 Å². The summed E-state index contributed by atoms with van der Waals surface area (Å²) in [6.07, 6.45) is 4.48. The molecule has 0 amide bonds. The van der Waals surface area contributed by atoms with Crippen molar-refractivity contribution in [2.75, 3.05) is 38.8 Å². The fraction of sp³-hybridized carbons (Fsp3) is 0.556. The minimum Gasteiger partial charge on any atom is -0.496 e. The number of hydrogen-bond donors (Lipinski definition) is 0. The zero-order valence-corrected chi connectivity index (χ0v) is 27.8. The Bertz CT molecular complexity index is 1650. The van der Waals surface area contributed by atoms with Crippen molar-refractivity contribution in [3.05, 3.63) is 58.8 Å². The summed E-state index contributed by atoms with van der Waals surface area (Å²) in [6.45, 7) is 10.3. The molecule has 0 unspecified atom stereocenters. The van der Waals surface area contributed by atoms with Crippen LogP contribution in [-0.2, 0) is 16.0 Å². The predicted molar refractivity (Wildman–Crippen MR) is 173 cm³/mol. The fourth-order valence-corrected chi connectivity index (χ4v) is 7.92. The Morgan fingerprint density at radius 1 is 1.02 bits per heavy atom. The van der Waals surface area contributed by atoms with Crippen LogP contribution >= 0.6 is 0 Å². The second kappa shape index (κ2) is 11.9. The van der Waals surface area contributed by atoms with Crippen LogP contribution in [0.5, 0.6) is 5.75 Å². The molecule has 248 valence electrons. The number of alkyl halides is 2. The van der Waals surface area contributed by atoms with Crippen molar-refractivity contribution in [1.82, 2.24) is 9.47 Å². The number of methoxy groups -OCH3 is 2. The second-order valence-corrected chi connectivity index (χ2v) is 14.4. The maximum absolute atomic E-state index is 14.4. The van der Waals surface area contributed by atoms with Gasteiger partial charge in [-0.15, -0.1) is 0 Å². The molecule has 1 aliphatic carbocycles. The van der Waals surface area contributed by atoms with E-state index in [9.17, 15) is 18.4 Å². The van der Waals surface area contributed by atoms with Crippen molar-refractivity contribution in [1.29, 1.82) is 0 Å². The first-order valence-electron chi connectivity index (χ1n) is 16.2. The minimum absolute atomic E-state index is 0.0968. The van der Waals surface area contributed by atoms with Gasteiger partial charge in [-0.3, -0.25) is 9.47 Å². The quantitative estimate of drug-likeness (QED) is 0.255. The van der Waals surface area contributed by atoms with Crippen molar-refractivity contribution in [3.63, 3.8) is 0 Å². The number of carbonyl (C=O) groups excluding carboxylic acids is 2. The molecule has 0 N–H and O–H groups in total. The third-order valence-corrected chi connectivity index (χ3v) is 9.92. The van der Waals surface area contributed by atoms with Gasteiger partial charge in [0, 0.05) is 61.4 Å². The molecule has 1 atom stereocenters. The Morgan fingerprint density at radius 3 is 2.37 bits per heavy atom. The molecule has 2 aliphatic heterocycles. The number of aryl methyl sites for hydroxylation is 1. The Morgan fingerprint density at radius 2 is 1.74 bits per heavy atom. The van der Waals surface area contributed by atoms with Gasteiger partial charge in [-0.2, -0.15) is 0 Å². The summed E-state index contributed by atoms with van der Waals surface area (Å²) >= 11 is 0. The average Bonchev–Trinajstić information content (AvgIpc) is 3.68. The molecule has 3 aromatic rings. The van der Waals surface area contributed by atoms with E-state index in [4.69, 9.17) is 14.2 Å². The zero-order chi connectivity index (χ0) is 33.0. The lowest BCUT2D eigenvalue weighted by atomic mass is 9.58. The molecule has 6 rings (SSSR count). The lowest BCUT2D eigenvalue weighted by molar-refractivity contribution is -0.186. The van der Waals surface area contributed by atoms with Gasteiger partial charge in [0.2, 0.25) is 5.92 Å². The molecule has 2 aromatic carbocycles. The lowest BCUT2D eigenvalue weighted by Crippen LogP contribution is -2.53. The van der Waals surface area contributed by atoms with E-state index in [1.807, 2.05) is 52.0 Å². The van der Waals surface area contributed by atoms with Crippen LogP contribution in [0, 0.1) is 12.3 Å². The lowest BCUT2D eigenvalue weighted by Gasteiger charge is -2.55. The number of aromatic nitrogens is 1. The Labute approximate surface area is 269 Å². The zero-order valence-electron chi connectivity index (χ0n) is 27.8. The number of ether oxygens (including phenoxy) is 3. The predicted octanol–water partition coefficient (Wildman–Crippen LogP) is 7.88. The fourth-order valence-electron chi connectivity index (χ4n) is 7.92. The maximum atomic E-state index is 14.4. The molecule has 1 spiro atoms. The molecule has 8 nitrogen and oxygen atoms in total. The molecule has 2 saturated heterocycles. The molecule has 3 fully saturated rings. The van der Waals surface area contributed by atoms with Gasteiger partial charge in [-0.25, -0.2) is 18.4 Å². The molecule has 0 bridgehead atoms. The number of nitrogens with zero attached hydrogens (tertiary/aromatic N) is 3. The van der Waals surface area contributed by atoms with E-state index < -0.39 is 29.0 Å². The first-order valence-corrected chi connectivity index (χ1v) is 16.2. The number of benzene rings is 2. The largest absolute Gasteiger partial charge is 0.496 e. The number of carbonyl (C=O) groups is 2. The van der Waals surface area contributed by atoms with Crippen LogP contribution in [0.15, 0.2) is 36.5 Å². The number of esters is 1. The monoisotopic (exact) mass is 637 g/mol. The van der Waals surface area contributed by atoms with Gasteiger partial charge in [0.05, 0.1) is 25.3 Å². The highest BCUT2D eigenvalue weighted by atomic mass is 19.3. The van der Waals surface area contributed by atoms with Crippen LogP contribution in [0.25, 0.3) is 10.9 Å². The normalized spacial score (nSPS) is 21.0. The highest BCUT2D eigenvalue weighted by molar-refractivity contribution is 5.95. The van der Waals surface area contributed by atoms with E-state index in [0.29, 0.717) is 37.2 Å². The van der Waals surface area contributed by atoms with Crippen LogP contribution in [0.4, 0.5) is 19.3 Å². The first kappa shape index (κ1) is 32.3. The average molecular weight is 638 g/mol. The third kappa shape index (κ3) is 6.08. The Balaban J connectivity index is 1.43. The molecular formula is C36H45F2N3O5. The van der Waals surface area contributed by atoms with Gasteiger partial charge >= 0.3 is 12.1 Å². The van der Waals surface area contributed by atoms with E-state index in [1.165, 1.54) is 7.11 Å². The van der Waals surface area contributed by atoms with Crippen molar-refractivity contribution in [3.8, 4) is 5.75 Å². The van der Waals surface area contributed by atoms with Gasteiger partial charge in [-0.05, 0) is 101 Å². The molecule has 3 aliphatic rings. The van der Waals surface area contributed by atoms with E-state index in [2.05, 4.69) is 9.80 Å². The molecule has 10 heteroatoms. The molecular weight excluding hydrogens is 592 g/mol.